The third-order valence-electron chi connectivity index (χ3n) is 3.17. The molecule has 0 aromatic heterocycles. The van der Waals surface area contributed by atoms with E-state index in [-0.39, 0.29) is 5.82 Å². The van der Waals surface area contributed by atoms with Gasteiger partial charge in [-0.15, -0.1) is 0 Å². The molecule has 0 radical (unpaired) electrons. The minimum Gasteiger partial charge on any atom is -0.484 e. The van der Waals surface area contributed by atoms with E-state index in [4.69, 9.17) is 10.5 Å². The highest BCUT2D eigenvalue weighted by molar-refractivity contribution is 9.10. The second kappa shape index (κ2) is 7.00. The summed E-state index contributed by atoms with van der Waals surface area (Å²) in [6.07, 6.45) is -0.0694. The van der Waals surface area contributed by atoms with Crippen LogP contribution in [0.15, 0.2) is 46.9 Å². The largest absolute Gasteiger partial charge is 0.484 e. The fourth-order valence-electron chi connectivity index (χ4n) is 2.04. The van der Waals surface area contributed by atoms with Crippen molar-refractivity contribution in [3.63, 3.8) is 0 Å². The van der Waals surface area contributed by atoms with Crippen molar-refractivity contribution >= 4 is 15.9 Å². The van der Waals surface area contributed by atoms with E-state index in [9.17, 15) is 8.78 Å². The molecule has 5 heteroatoms. The van der Waals surface area contributed by atoms with Crippen molar-refractivity contribution in [2.45, 2.75) is 25.5 Å². The average molecular weight is 356 g/mol. The van der Waals surface area contributed by atoms with Gasteiger partial charge in [-0.05, 0) is 24.6 Å². The van der Waals surface area contributed by atoms with Gasteiger partial charge in [0.25, 0.3) is 0 Å². The molecule has 0 saturated carbocycles. The molecule has 2 N–H and O–H groups in total. The Balaban J connectivity index is 2.35. The van der Waals surface area contributed by atoms with Crippen LogP contribution >= 0.6 is 15.9 Å². The van der Waals surface area contributed by atoms with Crippen molar-refractivity contribution in [2.24, 2.45) is 5.73 Å². The molecule has 0 amide bonds. The van der Waals surface area contributed by atoms with E-state index >= 15 is 0 Å². The molecule has 0 bridgehead atoms. The Morgan fingerprint density at radius 3 is 2.52 bits per heavy atom. The van der Waals surface area contributed by atoms with Crippen LogP contribution in [0.4, 0.5) is 8.78 Å². The molecule has 2 unspecified atom stereocenters. The molecular weight excluding hydrogens is 340 g/mol. The maximum absolute atomic E-state index is 14.0. The molecule has 2 atom stereocenters. The molecule has 112 valence electrons. The molecule has 21 heavy (non-hydrogen) atoms. The van der Waals surface area contributed by atoms with Gasteiger partial charge in [-0.25, -0.2) is 8.78 Å². The lowest BCUT2D eigenvalue weighted by molar-refractivity contribution is 0.166. The minimum atomic E-state index is -0.676. The van der Waals surface area contributed by atoms with E-state index in [0.717, 1.165) is 0 Å². The summed E-state index contributed by atoms with van der Waals surface area (Å²) in [4.78, 5) is 0. The van der Waals surface area contributed by atoms with Gasteiger partial charge < -0.3 is 10.5 Å². The van der Waals surface area contributed by atoms with Crippen LogP contribution in [-0.4, -0.2) is 6.04 Å². The number of rotatable bonds is 5. The molecule has 2 nitrogen and oxygen atoms in total. The van der Waals surface area contributed by atoms with E-state index in [1.54, 1.807) is 24.3 Å². The standard InChI is InChI=1S/C16H16BrF2NO/c1-2-15(20)16(13-5-3-4-6-14(13)19)21-12-8-10(17)7-11(18)9-12/h3-9,15-16H,2,20H2,1H3. The van der Waals surface area contributed by atoms with Crippen LogP contribution in [0.2, 0.25) is 0 Å². The molecule has 0 aliphatic carbocycles. The van der Waals surface area contributed by atoms with Gasteiger partial charge in [0.1, 0.15) is 23.5 Å². The molecule has 0 aliphatic rings. The quantitative estimate of drug-likeness (QED) is 0.851. The molecule has 2 aromatic carbocycles. The predicted molar refractivity (Wildman–Crippen MR) is 82.1 cm³/mol. The highest BCUT2D eigenvalue weighted by Crippen LogP contribution is 2.29. The number of halogens is 3. The Kier molecular flexibility index (Phi) is 5.31. The highest BCUT2D eigenvalue weighted by Gasteiger charge is 2.23. The topological polar surface area (TPSA) is 35.2 Å². The molecule has 2 aromatic rings. The van der Waals surface area contributed by atoms with Crippen molar-refractivity contribution < 1.29 is 13.5 Å². The van der Waals surface area contributed by atoms with Crippen molar-refractivity contribution in [3.8, 4) is 5.75 Å². The fourth-order valence-corrected chi connectivity index (χ4v) is 2.49. The van der Waals surface area contributed by atoms with Crippen LogP contribution in [0.3, 0.4) is 0 Å². The number of ether oxygens (including phenoxy) is 1. The van der Waals surface area contributed by atoms with Crippen molar-refractivity contribution in [3.05, 3.63) is 64.1 Å². The monoisotopic (exact) mass is 355 g/mol. The minimum absolute atomic E-state index is 0.305. The Labute approximate surface area is 131 Å². The van der Waals surface area contributed by atoms with Gasteiger partial charge in [0.15, 0.2) is 0 Å². The zero-order valence-corrected chi connectivity index (χ0v) is 13.1. The van der Waals surface area contributed by atoms with Gasteiger partial charge in [-0.1, -0.05) is 41.1 Å². The molecule has 0 spiro atoms. The first kappa shape index (κ1) is 15.9. The lowest BCUT2D eigenvalue weighted by Crippen LogP contribution is -2.32. The molecular formula is C16H16BrF2NO. The smallest absolute Gasteiger partial charge is 0.142 e. The summed E-state index contributed by atoms with van der Waals surface area (Å²) in [5.74, 6) is -0.516. The lowest BCUT2D eigenvalue weighted by atomic mass is 10.0. The number of benzene rings is 2. The maximum Gasteiger partial charge on any atom is 0.142 e. The van der Waals surface area contributed by atoms with Crippen molar-refractivity contribution in [1.82, 2.24) is 0 Å². The summed E-state index contributed by atoms with van der Waals surface area (Å²) in [5.41, 5.74) is 6.41. The summed E-state index contributed by atoms with van der Waals surface area (Å²) >= 11 is 3.20. The van der Waals surface area contributed by atoms with Crippen LogP contribution in [0, 0.1) is 11.6 Å². The maximum atomic E-state index is 14.0. The van der Waals surface area contributed by atoms with E-state index in [1.807, 2.05) is 6.92 Å². The van der Waals surface area contributed by atoms with Gasteiger partial charge in [-0.2, -0.15) is 0 Å². The molecule has 0 heterocycles. The fraction of sp³-hybridized carbons (Fsp3) is 0.250. The third kappa shape index (κ3) is 4.02. The summed E-state index contributed by atoms with van der Waals surface area (Å²) in [6.45, 7) is 1.89. The van der Waals surface area contributed by atoms with Crippen molar-refractivity contribution in [1.29, 1.82) is 0 Å². The highest BCUT2D eigenvalue weighted by atomic mass is 79.9. The molecule has 0 fully saturated rings. The predicted octanol–water partition coefficient (Wildman–Crippen LogP) is 4.58. The number of nitrogens with two attached hydrogens (primary N) is 1. The average Bonchev–Trinajstić information content (AvgIpc) is 2.44. The zero-order chi connectivity index (χ0) is 15.4. The zero-order valence-electron chi connectivity index (χ0n) is 11.5. The second-order valence-electron chi connectivity index (χ2n) is 4.74. The Hall–Kier alpha value is -1.46. The first-order valence-corrected chi connectivity index (χ1v) is 7.43. The van der Waals surface area contributed by atoms with Crippen LogP contribution in [-0.2, 0) is 0 Å². The normalized spacial score (nSPS) is 13.8. The van der Waals surface area contributed by atoms with Gasteiger partial charge in [0.05, 0.1) is 0 Å². The van der Waals surface area contributed by atoms with E-state index in [2.05, 4.69) is 15.9 Å². The van der Waals surface area contributed by atoms with Crippen LogP contribution < -0.4 is 10.5 Å². The van der Waals surface area contributed by atoms with Crippen LogP contribution in [0.5, 0.6) is 5.75 Å². The first-order chi connectivity index (χ1) is 10.0. The van der Waals surface area contributed by atoms with E-state index in [0.29, 0.717) is 22.2 Å². The Morgan fingerprint density at radius 2 is 1.90 bits per heavy atom. The number of hydrogen-bond donors (Lipinski definition) is 1. The van der Waals surface area contributed by atoms with Gasteiger partial charge in [-0.3, -0.25) is 0 Å². The van der Waals surface area contributed by atoms with Crippen molar-refractivity contribution in [2.75, 3.05) is 0 Å². The second-order valence-corrected chi connectivity index (χ2v) is 5.65. The SMILES string of the molecule is CCC(N)C(Oc1cc(F)cc(Br)c1)c1ccccc1F. The Bertz CT molecular complexity index is 601. The molecule has 0 aliphatic heterocycles. The summed E-state index contributed by atoms with van der Waals surface area (Å²) < 4.78 is 33.7. The van der Waals surface area contributed by atoms with Gasteiger partial charge in [0.2, 0.25) is 0 Å². The Morgan fingerprint density at radius 1 is 1.19 bits per heavy atom. The molecule has 2 rings (SSSR count). The summed E-state index contributed by atoms with van der Waals surface area (Å²) in [6, 6.07) is 10.1. The van der Waals surface area contributed by atoms with Gasteiger partial charge in [0, 0.05) is 22.1 Å². The summed E-state index contributed by atoms with van der Waals surface area (Å²) in [7, 11) is 0. The van der Waals surface area contributed by atoms with E-state index in [1.165, 1.54) is 18.2 Å². The number of hydrogen-bond acceptors (Lipinski definition) is 2. The third-order valence-corrected chi connectivity index (χ3v) is 3.63. The van der Waals surface area contributed by atoms with Crippen LogP contribution in [0.25, 0.3) is 0 Å². The first-order valence-electron chi connectivity index (χ1n) is 6.64. The lowest BCUT2D eigenvalue weighted by Gasteiger charge is -2.25. The molecule has 0 saturated heterocycles. The summed E-state index contributed by atoms with van der Waals surface area (Å²) in [5, 5.41) is 0. The van der Waals surface area contributed by atoms with Gasteiger partial charge >= 0.3 is 0 Å². The van der Waals surface area contributed by atoms with E-state index < -0.39 is 18.0 Å². The van der Waals surface area contributed by atoms with Crippen LogP contribution in [0.1, 0.15) is 25.0 Å².